The van der Waals surface area contributed by atoms with Crippen LogP contribution in [0.25, 0.3) is 0 Å². The monoisotopic (exact) mass is 270 g/mol. The van der Waals surface area contributed by atoms with Crippen LogP contribution in [0.2, 0.25) is 0 Å². The van der Waals surface area contributed by atoms with E-state index in [1.54, 1.807) is 31.4 Å². The molecule has 2 rings (SSSR count). The quantitative estimate of drug-likeness (QED) is 0.926. The fourth-order valence-corrected chi connectivity index (χ4v) is 1.95. The number of pyridine rings is 1. The number of nitrogens with zero attached hydrogens (tertiary/aromatic N) is 1. The van der Waals surface area contributed by atoms with E-state index >= 15 is 0 Å². The average Bonchev–Trinajstić information content (AvgIpc) is 2.43. The SMILES string of the molecule is Cc1ccc(C(=O)NCc2cccn(C)c2=O)cc1C. The van der Waals surface area contributed by atoms with Crippen LogP contribution >= 0.6 is 0 Å². The molecule has 0 unspecified atom stereocenters. The highest BCUT2D eigenvalue weighted by Crippen LogP contribution is 2.09. The Labute approximate surface area is 118 Å². The van der Waals surface area contributed by atoms with Crippen molar-refractivity contribution in [2.45, 2.75) is 20.4 Å². The summed E-state index contributed by atoms with van der Waals surface area (Å²) in [6, 6.07) is 9.09. The molecule has 0 bridgehead atoms. The van der Waals surface area contributed by atoms with Crippen LogP contribution < -0.4 is 10.9 Å². The summed E-state index contributed by atoms with van der Waals surface area (Å²) in [6.45, 7) is 4.21. The molecule has 0 aliphatic carbocycles. The Balaban J connectivity index is 2.10. The summed E-state index contributed by atoms with van der Waals surface area (Å²) in [5.74, 6) is -0.168. The third-order valence-electron chi connectivity index (χ3n) is 3.41. The van der Waals surface area contributed by atoms with E-state index < -0.39 is 0 Å². The van der Waals surface area contributed by atoms with E-state index in [2.05, 4.69) is 5.32 Å². The first-order valence-electron chi connectivity index (χ1n) is 6.49. The molecule has 4 nitrogen and oxygen atoms in total. The van der Waals surface area contributed by atoms with E-state index in [0.717, 1.165) is 11.1 Å². The summed E-state index contributed by atoms with van der Waals surface area (Å²) >= 11 is 0. The van der Waals surface area contributed by atoms with Crippen LogP contribution in [0, 0.1) is 13.8 Å². The lowest BCUT2D eigenvalue weighted by Gasteiger charge is -2.07. The van der Waals surface area contributed by atoms with E-state index in [9.17, 15) is 9.59 Å². The molecule has 4 heteroatoms. The lowest BCUT2D eigenvalue weighted by molar-refractivity contribution is 0.0950. The second kappa shape index (κ2) is 5.74. The molecule has 1 heterocycles. The Kier molecular flexibility index (Phi) is 4.03. The molecule has 0 atom stereocenters. The highest BCUT2D eigenvalue weighted by Gasteiger charge is 2.08. The van der Waals surface area contributed by atoms with Gasteiger partial charge >= 0.3 is 0 Å². The number of hydrogen-bond acceptors (Lipinski definition) is 2. The van der Waals surface area contributed by atoms with Crippen LogP contribution in [0.3, 0.4) is 0 Å². The van der Waals surface area contributed by atoms with Gasteiger partial charge in [-0.25, -0.2) is 0 Å². The van der Waals surface area contributed by atoms with Gasteiger partial charge in [-0.2, -0.15) is 0 Å². The molecule has 20 heavy (non-hydrogen) atoms. The lowest BCUT2D eigenvalue weighted by atomic mass is 10.1. The second-order valence-electron chi connectivity index (χ2n) is 4.93. The number of amides is 1. The molecular formula is C16H18N2O2. The summed E-state index contributed by atoms with van der Waals surface area (Å²) < 4.78 is 1.50. The zero-order valence-corrected chi connectivity index (χ0v) is 11.9. The van der Waals surface area contributed by atoms with Crippen LogP contribution in [0.5, 0.6) is 0 Å². The minimum absolute atomic E-state index is 0.0899. The highest BCUT2D eigenvalue weighted by atomic mass is 16.2. The van der Waals surface area contributed by atoms with Crippen molar-refractivity contribution >= 4 is 5.91 Å². The predicted octanol–water partition coefficient (Wildman–Crippen LogP) is 1.93. The first-order chi connectivity index (χ1) is 9.49. The fourth-order valence-electron chi connectivity index (χ4n) is 1.95. The van der Waals surface area contributed by atoms with Crippen molar-refractivity contribution in [3.05, 3.63) is 69.1 Å². The smallest absolute Gasteiger partial charge is 0.255 e. The van der Waals surface area contributed by atoms with E-state index in [1.807, 2.05) is 26.0 Å². The van der Waals surface area contributed by atoms with Gasteiger partial charge in [-0.15, -0.1) is 0 Å². The zero-order chi connectivity index (χ0) is 14.7. The zero-order valence-electron chi connectivity index (χ0n) is 11.9. The van der Waals surface area contributed by atoms with Gasteiger partial charge in [-0.05, 0) is 43.2 Å². The summed E-state index contributed by atoms with van der Waals surface area (Å²) in [6.07, 6.45) is 1.69. The van der Waals surface area contributed by atoms with Crippen molar-refractivity contribution in [3.63, 3.8) is 0 Å². The third kappa shape index (κ3) is 2.96. The van der Waals surface area contributed by atoms with Crippen molar-refractivity contribution in [1.29, 1.82) is 0 Å². The molecule has 0 radical (unpaired) electrons. The van der Waals surface area contributed by atoms with Gasteiger partial charge in [0.1, 0.15) is 0 Å². The number of carbonyl (C=O) groups excluding carboxylic acids is 1. The van der Waals surface area contributed by atoms with Gasteiger partial charge in [0.15, 0.2) is 0 Å². The van der Waals surface area contributed by atoms with Crippen molar-refractivity contribution in [2.24, 2.45) is 7.05 Å². The van der Waals surface area contributed by atoms with Crippen molar-refractivity contribution < 1.29 is 4.79 Å². The molecule has 0 aliphatic heterocycles. The number of hydrogen-bond donors (Lipinski definition) is 1. The van der Waals surface area contributed by atoms with E-state index in [0.29, 0.717) is 11.1 Å². The number of nitrogens with one attached hydrogen (secondary N) is 1. The maximum Gasteiger partial charge on any atom is 0.255 e. The standard InChI is InChI=1S/C16H18N2O2/c1-11-6-7-13(9-12(11)2)15(19)17-10-14-5-4-8-18(3)16(14)20/h4-9H,10H2,1-3H3,(H,17,19). The number of aryl methyl sites for hydroxylation is 3. The first-order valence-corrected chi connectivity index (χ1v) is 6.49. The maximum atomic E-state index is 12.1. The lowest BCUT2D eigenvalue weighted by Crippen LogP contribution is -2.28. The summed E-state index contributed by atoms with van der Waals surface area (Å²) in [7, 11) is 1.69. The maximum absolute atomic E-state index is 12.1. The van der Waals surface area contributed by atoms with Crippen LogP contribution in [-0.4, -0.2) is 10.5 Å². The third-order valence-corrected chi connectivity index (χ3v) is 3.41. The number of carbonyl (C=O) groups is 1. The van der Waals surface area contributed by atoms with Crippen molar-refractivity contribution in [3.8, 4) is 0 Å². The topological polar surface area (TPSA) is 51.1 Å². The summed E-state index contributed by atoms with van der Waals surface area (Å²) in [5, 5.41) is 2.78. The Morgan fingerprint density at radius 3 is 2.65 bits per heavy atom. The largest absolute Gasteiger partial charge is 0.348 e. The van der Waals surface area contributed by atoms with Gasteiger partial charge in [0, 0.05) is 30.9 Å². The van der Waals surface area contributed by atoms with E-state index in [4.69, 9.17) is 0 Å². The molecule has 1 amide bonds. The van der Waals surface area contributed by atoms with Gasteiger partial charge in [0.05, 0.1) is 0 Å². The van der Waals surface area contributed by atoms with Gasteiger partial charge < -0.3 is 9.88 Å². The number of rotatable bonds is 3. The second-order valence-corrected chi connectivity index (χ2v) is 4.93. The first kappa shape index (κ1) is 14.1. The molecule has 0 fully saturated rings. The van der Waals surface area contributed by atoms with E-state index in [-0.39, 0.29) is 18.0 Å². The molecular weight excluding hydrogens is 252 g/mol. The summed E-state index contributed by atoms with van der Waals surface area (Å²) in [4.78, 5) is 23.9. The highest BCUT2D eigenvalue weighted by molar-refractivity contribution is 5.94. The predicted molar refractivity (Wildman–Crippen MR) is 78.8 cm³/mol. The fraction of sp³-hybridized carbons (Fsp3) is 0.250. The normalized spacial score (nSPS) is 10.3. The molecule has 104 valence electrons. The van der Waals surface area contributed by atoms with Crippen LogP contribution in [0.4, 0.5) is 0 Å². The van der Waals surface area contributed by atoms with Crippen LogP contribution in [0.15, 0.2) is 41.3 Å². The van der Waals surface area contributed by atoms with Gasteiger partial charge in [-0.3, -0.25) is 9.59 Å². The van der Waals surface area contributed by atoms with Crippen molar-refractivity contribution in [1.82, 2.24) is 9.88 Å². The molecule has 0 aliphatic rings. The van der Waals surface area contributed by atoms with Crippen molar-refractivity contribution in [2.75, 3.05) is 0 Å². The van der Waals surface area contributed by atoms with Gasteiger partial charge in [0.25, 0.3) is 11.5 Å². The minimum Gasteiger partial charge on any atom is -0.348 e. The Bertz CT molecular complexity index is 702. The van der Waals surface area contributed by atoms with E-state index in [1.165, 1.54) is 4.57 Å². The van der Waals surface area contributed by atoms with Gasteiger partial charge in [0.2, 0.25) is 0 Å². The molecule has 1 aromatic heterocycles. The Morgan fingerprint density at radius 2 is 1.95 bits per heavy atom. The Morgan fingerprint density at radius 1 is 1.20 bits per heavy atom. The Hall–Kier alpha value is -2.36. The molecule has 2 aromatic rings. The molecule has 0 saturated heterocycles. The van der Waals surface area contributed by atoms with Crippen LogP contribution in [0.1, 0.15) is 27.0 Å². The number of aromatic nitrogens is 1. The minimum atomic E-state index is -0.168. The molecule has 0 saturated carbocycles. The van der Waals surface area contributed by atoms with Gasteiger partial charge in [-0.1, -0.05) is 12.1 Å². The molecule has 0 spiro atoms. The summed E-state index contributed by atoms with van der Waals surface area (Å²) in [5.41, 5.74) is 3.33. The average molecular weight is 270 g/mol. The molecule has 1 N–H and O–H groups in total. The van der Waals surface area contributed by atoms with Crippen LogP contribution in [-0.2, 0) is 13.6 Å². The molecule has 1 aromatic carbocycles. The number of benzene rings is 1.